The number of unbranched alkanes of at least 4 members (excludes halogenated alkanes) is 1. The third-order valence-electron chi connectivity index (χ3n) is 7.00. The van der Waals surface area contributed by atoms with Gasteiger partial charge in [-0.1, -0.05) is 50.0 Å². The van der Waals surface area contributed by atoms with Gasteiger partial charge in [0, 0.05) is 11.1 Å². The number of rotatable bonds is 6. The molecule has 3 atom stereocenters. The molecule has 2 aliphatic rings. The van der Waals surface area contributed by atoms with Gasteiger partial charge in [0.05, 0.1) is 16.8 Å². The fourth-order valence-corrected chi connectivity index (χ4v) is 6.18. The monoisotopic (exact) mass is 421 g/mol. The highest BCUT2D eigenvalue weighted by atomic mass is 79.9. The van der Waals surface area contributed by atoms with E-state index in [-0.39, 0.29) is 11.7 Å². The van der Waals surface area contributed by atoms with Crippen LogP contribution in [0.3, 0.4) is 0 Å². The molecule has 0 radical (unpaired) electrons. The quantitative estimate of drug-likeness (QED) is 0.521. The van der Waals surface area contributed by atoms with Crippen LogP contribution >= 0.6 is 15.9 Å². The fourth-order valence-electron chi connectivity index (χ4n) is 4.67. The lowest BCUT2D eigenvalue weighted by atomic mass is 9.64. The van der Waals surface area contributed by atoms with Crippen molar-refractivity contribution in [3.63, 3.8) is 0 Å². The van der Waals surface area contributed by atoms with Crippen LogP contribution < -0.4 is 10.1 Å². The number of halogens is 1. The van der Waals surface area contributed by atoms with Crippen LogP contribution in [0, 0.1) is 16.2 Å². The molecule has 5 heteroatoms. The Morgan fingerprint density at radius 3 is 2.42 bits per heavy atom. The van der Waals surface area contributed by atoms with E-state index in [9.17, 15) is 9.59 Å². The lowest BCUT2D eigenvalue weighted by Gasteiger charge is -2.39. The van der Waals surface area contributed by atoms with Gasteiger partial charge in [0.2, 0.25) is 5.91 Å². The van der Waals surface area contributed by atoms with E-state index in [0.717, 1.165) is 37.1 Å². The van der Waals surface area contributed by atoms with Crippen molar-refractivity contribution in [3.05, 3.63) is 24.3 Å². The highest BCUT2D eigenvalue weighted by molar-refractivity contribution is 9.10. The summed E-state index contributed by atoms with van der Waals surface area (Å²) in [4.78, 5) is 25.6. The smallest absolute Gasteiger partial charge is 0.232 e. The molecule has 0 aliphatic heterocycles. The first-order chi connectivity index (χ1) is 12.2. The second kappa shape index (κ2) is 6.66. The van der Waals surface area contributed by atoms with E-state index >= 15 is 0 Å². The number of Topliss-reactive ketones (excluding diaryl/α,β-unsaturated/α-hetero) is 1. The minimum absolute atomic E-state index is 0.0707. The first-order valence-electron chi connectivity index (χ1n) is 9.43. The lowest BCUT2D eigenvalue weighted by molar-refractivity contribution is -0.130. The van der Waals surface area contributed by atoms with E-state index in [4.69, 9.17) is 4.74 Å². The van der Waals surface area contributed by atoms with Gasteiger partial charge >= 0.3 is 0 Å². The maximum absolute atomic E-state index is 13.3. The lowest BCUT2D eigenvalue weighted by Crippen LogP contribution is -2.47. The fraction of sp³-hybridized carbons (Fsp3) is 0.619. The van der Waals surface area contributed by atoms with Gasteiger partial charge in [-0.2, -0.15) is 0 Å². The first kappa shape index (κ1) is 19.4. The van der Waals surface area contributed by atoms with Crippen LogP contribution in [0.15, 0.2) is 24.3 Å². The van der Waals surface area contributed by atoms with E-state index in [0.29, 0.717) is 6.61 Å². The number of carbonyl (C=O) groups is 2. The van der Waals surface area contributed by atoms with Crippen molar-refractivity contribution < 1.29 is 14.3 Å². The first-order valence-corrected chi connectivity index (χ1v) is 10.3. The number of ketones is 1. The van der Waals surface area contributed by atoms with E-state index < -0.39 is 21.1 Å². The number of carbonyl (C=O) groups excluding carboxylic acids is 2. The Kier molecular flexibility index (Phi) is 4.97. The standard InChI is InChI=1S/C21H28BrNO3/c1-5-6-13-26-15-9-7-14(8-10-15)23-18(25)21-12-11-20(4,19(21,2)3)17(24)16(21)22/h7-10,16H,5-6,11-13H2,1-4H3,(H,23,25). The number of amides is 1. The highest BCUT2D eigenvalue weighted by Crippen LogP contribution is 2.72. The van der Waals surface area contributed by atoms with Crippen LogP contribution in [0.5, 0.6) is 5.75 Å². The maximum Gasteiger partial charge on any atom is 0.232 e. The predicted molar refractivity (Wildman–Crippen MR) is 107 cm³/mol. The summed E-state index contributed by atoms with van der Waals surface area (Å²) in [6.07, 6.45) is 3.60. The van der Waals surface area contributed by atoms with Crippen molar-refractivity contribution in [1.29, 1.82) is 0 Å². The van der Waals surface area contributed by atoms with Gasteiger partial charge in [0.1, 0.15) is 5.75 Å². The second-order valence-electron chi connectivity index (χ2n) is 8.34. The van der Waals surface area contributed by atoms with Crippen LogP contribution in [-0.2, 0) is 9.59 Å². The molecule has 0 spiro atoms. The number of anilines is 1. The molecule has 1 N–H and O–H groups in total. The number of hydrogen-bond acceptors (Lipinski definition) is 3. The Morgan fingerprint density at radius 1 is 1.23 bits per heavy atom. The van der Waals surface area contributed by atoms with Crippen molar-refractivity contribution in [2.75, 3.05) is 11.9 Å². The third kappa shape index (κ3) is 2.54. The molecule has 2 fully saturated rings. The molecule has 0 aromatic heterocycles. The van der Waals surface area contributed by atoms with Crippen molar-refractivity contribution in [1.82, 2.24) is 0 Å². The minimum Gasteiger partial charge on any atom is -0.494 e. The largest absolute Gasteiger partial charge is 0.494 e. The molecule has 3 unspecified atom stereocenters. The molecule has 2 aliphatic carbocycles. The number of benzene rings is 1. The van der Waals surface area contributed by atoms with Crippen molar-refractivity contribution in [3.8, 4) is 5.75 Å². The molecule has 0 saturated heterocycles. The zero-order valence-corrected chi connectivity index (χ0v) is 17.6. The molecule has 3 rings (SSSR count). The molecular formula is C21H28BrNO3. The van der Waals surface area contributed by atoms with E-state index in [1.807, 2.05) is 31.2 Å². The molecule has 2 bridgehead atoms. The number of hydrogen-bond donors (Lipinski definition) is 1. The molecule has 26 heavy (non-hydrogen) atoms. The van der Waals surface area contributed by atoms with Crippen LogP contribution in [0.4, 0.5) is 5.69 Å². The average molecular weight is 422 g/mol. The summed E-state index contributed by atoms with van der Waals surface area (Å²) >= 11 is 3.56. The molecule has 2 saturated carbocycles. The van der Waals surface area contributed by atoms with E-state index in [1.165, 1.54) is 0 Å². The second-order valence-corrected chi connectivity index (χ2v) is 9.25. The SMILES string of the molecule is CCCCOc1ccc(NC(=O)C23CCC(C)(C(=O)C2Br)C3(C)C)cc1. The number of ether oxygens (including phenoxy) is 1. The van der Waals surface area contributed by atoms with E-state index in [1.54, 1.807) is 0 Å². The third-order valence-corrected chi connectivity index (χ3v) is 8.20. The van der Waals surface area contributed by atoms with Gasteiger partial charge in [-0.3, -0.25) is 9.59 Å². The summed E-state index contributed by atoms with van der Waals surface area (Å²) in [6, 6.07) is 7.46. The zero-order valence-electron chi connectivity index (χ0n) is 16.0. The number of nitrogens with one attached hydrogen (secondary N) is 1. The highest BCUT2D eigenvalue weighted by Gasteiger charge is 2.76. The average Bonchev–Trinajstić information content (AvgIpc) is 2.88. The minimum atomic E-state index is -0.713. The Morgan fingerprint density at radius 2 is 1.88 bits per heavy atom. The van der Waals surface area contributed by atoms with Crippen LogP contribution in [-0.4, -0.2) is 23.1 Å². The van der Waals surface area contributed by atoms with Crippen molar-refractivity contribution in [2.24, 2.45) is 16.2 Å². The predicted octanol–water partition coefficient (Wildman–Crippen LogP) is 4.96. The maximum atomic E-state index is 13.3. The normalized spacial score (nSPS) is 31.9. The molecule has 1 aromatic carbocycles. The summed E-state index contributed by atoms with van der Waals surface area (Å²) in [5, 5.41) is 3.04. The van der Waals surface area contributed by atoms with Gasteiger partial charge < -0.3 is 10.1 Å². The Hall–Kier alpha value is -1.36. The van der Waals surface area contributed by atoms with Gasteiger partial charge in [0.15, 0.2) is 5.78 Å². The topological polar surface area (TPSA) is 55.4 Å². The molecule has 1 amide bonds. The van der Waals surface area contributed by atoms with Crippen molar-refractivity contribution >= 4 is 33.3 Å². The Labute approximate surface area is 164 Å². The van der Waals surface area contributed by atoms with E-state index in [2.05, 4.69) is 42.0 Å². The molecular weight excluding hydrogens is 394 g/mol. The summed E-state index contributed by atoms with van der Waals surface area (Å²) < 4.78 is 5.67. The summed E-state index contributed by atoms with van der Waals surface area (Å²) in [5.74, 6) is 0.889. The molecule has 0 heterocycles. The summed E-state index contributed by atoms with van der Waals surface area (Å²) in [6.45, 7) is 8.95. The number of alkyl halides is 1. The summed E-state index contributed by atoms with van der Waals surface area (Å²) in [5.41, 5.74) is -0.820. The zero-order chi connectivity index (χ0) is 19.2. The van der Waals surface area contributed by atoms with Crippen LogP contribution in [0.1, 0.15) is 53.4 Å². The van der Waals surface area contributed by atoms with Gasteiger partial charge in [-0.15, -0.1) is 0 Å². The van der Waals surface area contributed by atoms with Crippen molar-refractivity contribution in [2.45, 2.75) is 58.2 Å². The summed E-state index contributed by atoms with van der Waals surface area (Å²) in [7, 11) is 0. The molecule has 4 nitrogen and oxygen atoms in total. The number of fused-ring (bicyclic) bond motifs is 2. The van der Waals surface area contributed by atoms with Gasteiger partial charge in [-0.05, 0) is 48.9 Å². The molecule has 1 aromatic rings. The van der Waals surface area contributed by atoms with Gasteiger partial charge in [-0.25, -0.2) is 0 Å². The van der Waals surface area contributed by atoms with Crippen LogP contribution in [0.25, 0.3) is 0 Å². The molecule has 142 valence electrons. The Balaban J connectivity index is 1.77. The van der Waals surface area contributed by atoms with Gasteiger partial charge in [0.25, 0.3) is 0 Å². The Bertz CT molecular complexity index is 714. The van der Waals surface area contributed by atoms with Crippen LogP contribution in [0.2, 0.25) is 0 Å².